The van der Waals surface area contributed by atoms with Crippen LogP contribution in [0.25, 0.3) is 0 Å². The highest BCUT2D eigenvalue weighted by atomic mass is 31.2. The maximum atomic E-state index is 12.5. The molecule has 0 aliphatic heterocycles. The van der Waals surface area contributed by atoms with E-state index < -0.39 is 13.5 Å². The van der Waals surface area contributed by atoms with Crippen molar-refractivity contribution < 1.29 is 24.0 Å². The predicted molar refractivity (Wildman–Crippen MR) is 108 cm³/mol. The third-order valence-electron chi connectivity index (χ3n) is 5.32. The first-order valence-electron chi connectivity index (χ1n) is 9.79. The first kappa shape index (κ1) is 22.2. The third-order valence-corrected chi connectivity index (χ3v) is 7.40. The molecule has 6 nitrogen and oxygen atoms in total. The van der Waals surface area contributed by atoms with E-state index in [1.807, 2.05) is 25.1 Å². The molecule has 0 saturated heterocycles. The van der Waals surface area contributed by atoms with Crippen LogP contribution in [0.15, 0.2) is 18.2 Å². The van der Waals surface area contributed by atoms with Gasteiger partial charge in [-0.2, -0.15) is 0 Å². The Balaban J connectivity index is 1.89. The quantitative estimate of drug-likeness (QED) is 0.522. The van der Waals surface area contributed by atoms with Gasteiger partial charge in [-0.3, -0.25) is 4.57 Å². The van der Waals surface area contributed by atoms with E-state index in [0.29, 0.717) is 23.6 Å². The molecule has 3 N–H and O–H groups in total. The first-order chi connectivity index (χ1) is 12.9. The van der Waals surface area contributed by atoms with Crippen molar-refractivity contribution in [2.24, 2.45) is 5.92 Å². The molecule has 2 rings (SSSR count). The maximum absolute atomic E-state index is 12.5. The number of hydrogen-bond acceptors (Lipinski definition) is 5. The zero-order valence-corrected chi connectivity index (χ0v) is 17.6. The number of rotatable bonds is 10. The van der Waals surface area contributed by atoms with E-state index in [-0.39, 0.29) is 18.7 Å². The number of aliphatic hydroxyl groups is 1. The number of aliphatic hydroxyl groups excluding tert-OH is 1. The van der Waals surface area contributed by atoms with Crippen LogP contribution in [0, 0.1) is 5.92 Å². The first-order valence-corrected chi connectivity index (χ1v) is 11.8. The highest BCUT2D eigenvalue weighted by molar-refractivity contribution is 7.58. The monoisotopic (exact) mass is 399 g/mol. The fourth-order valence-electron chi connectivity index (χ4n) is 3.96. The molecule has 3 atom stereocenters. The standard InChI is InChI=1S/C20H34NO5P/c1-15(20-18(25-2)10-7-11-19(20)26-3)21-12-17(22)14-27(23,24)13-16-8-5-4-6-9-16/h7,10-11,15-17,21-22H,4-6,8-9,12-14H2,1-3H3,(H,23,24)/t15?,17-/m0/s1. The molecule has 0 aromatic heterocycles. The van der Waals surface area contributed by atoms with Crippen LogP contribution in [0.5, 0.6) is 11.5 Å². The Morgan fingerprint density at radius 2 is 1.78 bits per heavy atom. The molecule has 2 unspecified atom stereocenters. The maximum Gasteiger partial charge on any atom is 0.203 e. The van der Waals surface area contributed by atoms with Gasteiger partial charge in [0.25, 0.3) is 0 Å². The number of ether oxygens (including phenoxy) is 2. The summed E-state index contributed by atoms with van der Waals surface area (Å²) < 4.78 is 23.4. The van der Waals surface area contributed by atoms with Crippen LogP contribution in [-0.4, -0.2) is 49.2 Å². The molecule has 0 radical (unpaired) electrons. The smallest absolute Gasteiger partial charge is 0.203 e. The van der Waals surface area contributed by atoms with Crippen LogP contribution in [-0.2, 0) is 4.57 Å². The van der Waals surface area contributed by atoms with Gasteiger partial charge in [-0.05, 0) is 37.8 Å². The molecule has 1 aromatic carbocycles. The lowest BCUT2D eigenvalue weighted by atomic mass is 9.91. The topological polar surface area (TPSA) is 88.0 Å². The average molecular weight is 399 g/mol. The molecular formula is C20H34NO5P. The summed E-state index contributed by atoms with van der Waals surface area (Å²) >= 11 is 0. The van der Waals surface area contributed by atoms with Crippen molar-refractivity contribution in [2.45, 2.75) is 51.2 Å². The summed E-state index contributed by atoms with van der Waals surface area (Å²) in [5.74, 6) is 1.73. The van der Waals surface area contributed by atoms with Gasteiger partial charge in [0.05, 0.1) is 32.0 Å². The number of nitrogens with one attached hydrogen (secondary N) is 1. The Hall–Kier alpha value is -1.07. The fourth-order valence-corrected chi connectivity index (χ4v) is 6.07. The number of methoxy groups -OCH3 is 2. The molecule has 0 spiro atoms. The highest BCUT2D eigenvalue weighted by Crippen LogP contribution is 2.46. The molecule has 1 aromatic rings. The zero-order valence-electron chi connectivity index (χ0n) is 16.7. The molecule has 1 fully saturated rings. The van der Waals surface area contributed by atoms with Gasteiger partial charge in [0.1, 0.15) is 11.5 Å². The SMILES string of the molecule is COc1cccc(OC)c1C(C)NC[C@H](O)CP(=O)(O)CC1CCCCC1. The van der Waals surface area contributed by atoms with E-state index in [2.05, 4.69) is 5.32 Å². The van der Waals surface area contributed by atoms with E-state index in [9.17, 15) is 14.6 Å². The van der Waals surface area contributed by atoms with Crippen molar-refractivity contribution in [3.63, 3.8) is 0 Å². The second kappa shape index (κ2) is 10.5. The second-order valence-electron chi connectivity index (χ2n) is 7.58. The summed E-state index contributed by atoms with van der Waals surface area (Å²) in [6.45, 7) is 2.19. The molecule has 1 aliphatic carbocycles. The Morgan fingerprint density at radius 1 is 1.19 bits per heavy atom. The lowest BCUT2D eigenvalue weighted by molar-refractivity contribution is 0.185. The summed E-state index contributed by atoms with van der Waals surface area (Å²) in [6.07, 6.45) is 4.98. The van der Waals surface area contributed by atoms with Crippen LogP contribution in [0.2, 0.25) is 0 Å². The van der Waals surface area contributed by atoms with E-state index in [0.717, 1.165) is 31.2 Å². The molecule has 27 heavy (non-hydrogen) atoms. The number of hydrogen-bond donors (Lipinski definition) is 3. The van der Waals surface area contributed by atoms with Gasteiger partial charge in [0, 0.05) is 18.7 Å². The van der Waals surface area contributed by atoms with E-state index >= 15 is 0 Å². The van der Waals surface area contributed by atoms with Crippen LogP contribution in [0.4, 0.5) is 0 Å². The van der Waals surface area contributed by atoms with E-state index in [4.69, 9.17) is 9.47 Å². The van der Waals surface area contributed by atoms with Crippen LogP contribution < -0.4 is 14.8 Å². The van der Waals surface area contributed by atoms with Crippen molar-refractivity contribution in [3.05, 3.63) is 23.8 Å². The summed E-state index contributed by atoms with van der Waals surface area (Å²) in [4.78, 5) is 10.3. The van der Waals surface area contributed by atoms with Gasteiger partial charge in [-0.1, -0.05) is 25.3 Å². The zero-order chi connectivity index (χ0) is 19.9. The minimum atomic E-state index is -3.32. The Labute approximate surface area is 162 Å². The van der Waals surface area contributed by atoms with Crippen LogP contribution in [0.3, 0.4) is 0 Å². The van der Waals surface area contributed by atoms with Crippen molar-refractivity contribution >= 4 is 7.37 Å². The molecule has 1 aliphatic rings. The molecular weight excluding hydrogens is 365 g/mol. The summed E-state index contributed by atoms with van der Waals surface area (Å²) in [6, 6.07) is 5.44. The highest BCUT2D eigenvalue weighted by Gasteiger charge is 2.28. The summed E-state index contributed by atoms with van der Waals surface area (Å²) in [5.41, 5.74) is 0.865. The summed E-state index contributed by atoms with van der Waals surface area (Å²) in [7, 11) is -0.110. The molecule has 7 heteroatoms. The predicted octanol–water partition coefficient (Wildman–Crippen LogP) is 3.57. The molecule has 154 valence electrons. The van der Waals surface area contributed by atoms with Crippen molar-refractivity contribution in [3.8, 4) is 11.5 Å². The van der Waals surface area contributed by atoms with E-state index in [1.165, 1.54) is 6.42 Å². The molecule has 0 amide bonds. The average Bonchev–Trinajstić information content (AvgIpc) is 2.65. The van der Waals surface area contributed by atoms with Gasteiger partial charge >= 0.3 is 0 Å². The van der Waals surface area contributed by atoms with Crippen LogP contribution >= 0.6 is 7.37 Å². The van der Waals surface area contributed by atoms with Gasteiger partial charge in [0.15, 0.2) is 0 Å². The van der Waals surface area contributed by atoms with E-state index in [1.54, 1.807) is 14.2 Å². The fraction of sp³-hybridized carbons (Fsp3) is 0.700. The Morgan fingerprint density at radius 3 is 2.33 bits per heavy atom. The van der Waals surface area contributed by atoms with Gasteiger partial charge < -0.3 is 24.8 Å². The van der Waals surface area contributed by atoms with Crippen molar-refractivity contribution in [2.75, 3.05) is 33.1 Å². The minimum Gasteiger partial charge on any atom is -0.496 e. The van der Waals surface area contributed by atoms with Gasteiger partial charge in [0.2, 0.25) is 7.37 Å². The molecule has 0 bridgehead atoms. The Bertz CT molecular complexity index is 611. The lowest BCUT2D eigenvalue weighted by Gasteiger charge is -2.26. The largest absolute Gasteiger partial charge is 0.496 e. The second-order valence-corrected chi connectivity index (χ2v) is 10.00. The minimum absolute atomic E-state index is 0.0632. The lowest BCUT2D eigenvalue weighted by Crippen LogP contribution is -2.32. The number of benzene rings is 1. The van der Waals surface area contributed by atoms with Crippen molar-refractivity contribution in [1.29, 1.82) is 0 Å². The molecule has 1 saturated carbocycles. The third kappa shape index (κ3) is 6.79. The Kier molecular flexibility index (Phi) is 8.62. The van der Waals surface area contributed by atoms with Gasteiger partial charge in [-0.15, -0.1) is 0 Å². The molecule has 0 heterocycles. The van der Waals surface area contributed by atoms with Crippen LogP contribution in [0.1, 0.15) is 50.6 Å². The van der Waals surface area contributed by atoms with Gasteiger partial charge in [-0.25, -0.2) is 0 Å². The van der Waals surface area contributed by atoms with Crippen molar-refractivity contribution in [1.82, 2.24) is 5.32 Å². The summed E-state index contributed by atoms with van der Waals surface area (Å²) in [5, 5.41) is 13.5. The normalized spacial score (nSPS) is 19.9.